The molecule has 0 saturated carbocycles. The molecule has 0 atom stereocenters. The smallest absolute Gasteiger partial charge is 0.241 e. The summed E-state index contributed by atoms with van der Waals surface area (Å²) in [4.78, 5) is 11.7. The standard InChI is InChI=1S/C15H18BrN3O/c1-11(2)7-17-15(20)10-19-9-13(8-18-19)12-4-3-5-14(16)6-12/h3-6,8-9,11H,7,10H2,1-2H3,(H,17,20). The molecule has 1 N–H and O–H groups in total. The number of amides is 1. The highest BCUT2D eigenvalue weighted by Crippen LogP contribution is 2.22. The van der Waals surface area contributed by atoms with Gasteiger partial charge in [-0.3, -0.25) is 9.48 Å². The lowest BCUT2D eigenvalue weighted by atomic mass is 10.1. The summed E-state index contributed by atoms with van der Waals surface area (Å²) in [6.07, 6.45) is 3.66. The molecule has 1 aromatic carbocycles. The molecule has 0 aliphatic heterocycles. The van der Waals surface area contributed by atoms with E-state index >= 15 is 0 Å². The van der Waals surface area contributed by atoms with E-state index in [4.69, 9.17) is 0 Å². The minimum Gasteiger partial charge on any atom is -0.354 e. The number of benzene rings is 1. The topological polar surface area (TPSA) is 46.9 Å². The summed E-state index contributed by atoms with van der Waals surface area (Å²) in [6, 6.07) is 8.00. The van der Waals surface area contributed by atoms with Crippen LogP contribution in [0.4, 0.5) is 0 Å². The van der Waals surface area contributed by atoms with Crippen LogP contribution in [0.15, 0.2) is 41.1 Å². The lowest BCUT2D eigenvalue weighted by Crippen LogP contribution is -2.30. The Balaban J connectivity index is 2.00. The maximum Gasteiger partial charge on any atom is 0.241 e. The average Bonchev–Trinajstić information content (AvgIpc) is 2.85. The number of carbonyl (C=O) groups excluding carboxylic acids is 1. The van der Waals surface area contributed by atoms with Gasteiger partial charge in [0.05, 0.1) is 6.20 Å². The van der Waals surface area contributed by atoms with Crippen molar-refractivity contribution < 1.29 is 4.79 Å². The number of hydrogen-bond acceptors (Lipinski definition) is 2. The van der Waals surface area contributed by atoms with E-state index in [0.717, 1.165) is 15.6 Å². The second kappa shape index (κ2) is 6.70. The molecule has 0 bridgehead atoms. The number of hydrogen-bond donors (Lipinski definition) is 1. The van der Waals surface area contributed by atoms with Crippen molar-refractivity contribution in [2.45, 2.75) is 20.4 Å². The highest BCUT2D eigenvalue weighted by molar-refractivity contribution is 9.10. The zero-order valence-electron chi connectivity index (χ0n) is 11.6. The minimum absolute atomic E-state index is 0.0115. The van der Waals surface area contributed by atoms with Crippen molar-refractivity contribution in [3.05, 3.63) is 41.1 Å². The van der Waals surface area contributed by atoms with Gasteiger partial charge in [0.25, 0.3) is 0 Å². The van der Waals surface area contributed by atoms with Gasteiger partial charge in [0.1, 0.15) is 6.54 Å². The van der Waals surface area contributed by atoms with Gasteiger partial charge >= 0.3 is 0 Å². The first kappa shape index (κ1) is 14.8. The van der Waals surface area contributed by atoms with Crippen molar-refractivity contribution in [2.75, 3.05) is 6.54 Å². The Labute approximate surface area is 127 Å². The van der Waals surface area contributed by atoms with E-state index in [9.17, 15) is 4.79 Å². The molecular weight excluding hydrogens is 318 g/mol. The monoisotopic (exact) mass is 335 g/mol. The average molecular weight is 336 g/mol. The van der Waals surface area contributed by atoms with E-state index in [1.165, 1.54) is 0 Å². The Morgan fingerprint density at radius 1 is 1.40 bits per heavy atom. The van der Waals surface area contributed by atoms with Gasteiger partial charge in [-0.15, -0.1) is 0 Å². The summed E-state index contributed by atoms with van der Waals surface area (Å²) >= 11 is 3.45. The predicted octanol–water partition coefficient (Wildman–Crippen LogP) is 3.08. The van der Waals surface area contributed by atoms with E-state index in [1.807, 2.05) is 30.5 Å². The summed E-state index contributed by atoms with van der Waals surface area (Å²) in [5.41, 5.74) is 2.08. The molecule has 5 heteroatoms. The van der Waals surface area contributed by atoms with E-state index in [2.05, 4.69) is 40.2 Å². The van der Waals surface area contributed by atoms with Gasteiger partial charge in [-0.25, -0.2) is 0 Å². The Morgan fingerprint density at radius 2 is 2.20 bits per heavy atom. The maximum absolute atomic E-state index is 11.7. The summed E-state index contributed by atoms with van der Waals surface area (Å²) in [5, 5.41) is 7.11. The third kappa shape index (κ3) is 4.20. The quantitative estimate of drug-likeness (QED) is 0.912. The molecule has 0 fully saturated rings. The van der Waals surface area contributed by atoms with Crippen molar-refractivity contribution in [1.29, 1.82) is 0 Å². The summed E-state index contributed by atoms with van der Waals surface area (Å²) < 4.78 is 2.68. The Hall–Kier alpha value is -1.62. The van der Waals surface area contributed by atoms with Crippen molar-refractivity contribution in [3.63, 3.8) is 0 Å². The Kier molecular flexibility index (Phi) is 4.95. The van der Waals surface area contributed by atoms with Crippen LogP contribution in [0.3, 0.4) is 0 Å². The van der Waals surface area contributed by atoms with Crippen molar-refractivity contribution in [1.82, 2.24) is 15.1 Å². The number of nitrogens with one attached hydrogen (secondary N) is 1. The van der Waals surface area contributed by atoms with Gasteiger partial charge in [0, 0.05) is 22.8 Å². The first-order valence-electron chi connectivity index (χ1n) is 6.59. The number of aromatic nitrogens is 2. The summed E-state index contributed by atoms with van der Waals surface area (Å²) in [7, 11) is 0. The molecule has 1 aromatic heterocycles. The lowest BCUT2D eigenvalue weighted by Gasteiger charge is -2.07. The zero-order chi connectivity index (χ0) is 14.5. The van der Waals surface area contributed by atoms with E-state index < -0.39 is 0 Å². The van der Waals surface area contributed by atoms with Crippen LogP contribution in [-0.4, -0.2) is 22.2 Å². The predicted molar refractivity (Wildman–Crippen MR) is 83.2 cm³/mol. The van der Waals surface area contributed by atoms with Gasteiger partial charge < -0.3 is 5.32 Å². The van der Waals surface area contributed by atoms with Crippen molar-refractivity contribution in [3.8, 4) is 11.1 Å². The second-order valence-electron chi connectivity index (χ2n) is 5.13. The second-order valence-corrected chi connectivity index (χ2v) is 6.05. The van der Waals surface area contributed by atoms with Crippen molar-refractivity contribution >= 4 is 21.8 Å². The molecule has 1 amide bonds. The largest absolute Gasteiger partial charge is 0.354 e. The van der Waals surface area contributed by atoms with E-state index in [-0.39, 0.29) is 12.5 Å². The van der Waals surface area contributed by atoms with E-state index in [1.54, 1.807) is 10.9 Å². The highest BCUT2D eigenvalue weighted by atomic mass is 79.9. The zero-order valence-corrected chi connectivity index (χ0v) is 13.2. The third-order valence-electron chi connectivity index (χ3n) is 2.80. The van der Waals surface area contributed by atoms with Crippen LogP contribution in [0.1, 0.15) is 13.8 Å². The fourth-order valence-corrected chi connectivity index (χ4v) is 2.19. The molecule has 0 radical (unpaired) electrons. The molecule has 2 rings (SSSR count). The molecule has 1 heterocycles. The number of nitrogens with zero attached hydrogens (tertiary/aromatic N) is 2. The highest BCUT2D eigenvalue weighted by Gasteiger charge is 2.06. The number of rotatable bonds is 5. The van der Waals surface area contributed by atoms with Crippen LogP contribution in [0.2, 0.25) is 0 Å². The first-order valence-corrected chi connectivity index (χ1v) is 7.39. The van der Waals surface area contributed by atoms with Gasteiger partial charge in [-0.05, 0) is 23.6 Å². The fourth-order valence-electron chi connectivity index (χ4n) is 1.79. The van der Waals surface area contributed by atoms with E-state index in [0.29, 0.717) is 12.5 Å². The molecule has 0 aliphatic rings. The lowest BCUT2D eigenvalue weighted by molar-refractivity contribution is -0.122. The molecular formula is C15H18BrN3O. The van der Waals surface area contributed by atoms with Crippen LogP contribution in [0.25, 0.3) is 11.1 Å². The molecule has 0 spiro atoms. The Bertz CT molecular complexity index is 592. The van der Waals surface area contributed by atoms with Gasteiger partial charge in [-0.1, -0.05) is 41.9 Å². The summed E-state index contributed by atoms with van der Waals surface area (Å²) in [6.45, 7) is 5.08. The third-order valence-corrected chi connectivity index (χ3v) is 3.30. The molecule has 106 valence electrons. The van der Waals surface area contributed by atoms with Gasteiger partial charge in [-0.2, -0.15) is 5.10 Å². The van der Waals surface area contributed by atoms with Gasteiger partial charge in [0.2, 0.25) is 5.91 Å². The first-order chi connectivity index (χ1) is 9.54. The van der Waals surface area contributed by atoms with Crippen LogP contribution in [0, 0.1) is 5.92 Å². The maximum atomic E-state index is 11.7. The number of carbonyl (C=O) groups is 1. The van der Waals surface area contributed by atoms with Crippen LogP contribution in [-0.2, 0) is 11.3 Å². The molecule has 4 nitrogen and oxygen atoms in total. The van der Waals surface area contributed by atoms with Crippen LogP contribution < -0.4 is 5.32 Å². The molecule has 20 heavy (non-hydrogen) atoms. The summed E-state index contributed by atoms with van der Waals surface area (Å²) in [5.74, 6) is 0.441. The normalized spacial score (nSPS) is 10.8. The SMILES string of the molecule is CC(C)CNC(=O)Cn1cc(-c2cccc(Br)c2)cn1. The minimum atomic E-state index is -0.0115. The number of halogens is 1. The molecule has 0 unspecified atom stereocenters. The molecule has 2 aromatic rings. The fraction of sp³-hybridized carbons (Fsp3) is 0.333. The molecule has 0 aliphatic carbocycles. The molecule has 0 saturated heterocycles. The van der Waals surface area contributed by atoms with Crippen LogP contribution >= 0.6 is 15.9 Å². The van der Waals surface area contributed by atoms with Crippen LogP contribution in [0.5, 0.6) is 0 Å². The van der Waals surface area contributed by atoms with Gasteiger partial charge in [0.15, 0.2) is 0 Å². The Morgan fingerprint density at radius 3 is 2.90 bits per heavy atom. The van der Waals surface area contributed by atoms with Crippen molar-refractivity contribution in [2.24, 2.45) is 5.92 Å².